The third kappa shape index (κ3) is 9.64. The van der Waals surface area contributed by atoms with Crippen molar-refractivity contribution in [2.75, 3.05) is 6.61 Å². The van der Waals surface area contributed by atoms with Gasteiger partial charge in [0.05, 0.1) is 24.4 Å². The number of halogens is 3. The molecule has 0 fully saturated rings. The van der Waals surface area contributed by atoms with Gasteiger partial charge in [-0.25, -0.2) is 9.97 Å². The predicted octanol–water partition coefficient (Wildman–Crippen LogP) is 8.23. The normalized spacial score (nSPS) is 13.2. The summed E-state index contributed by atoms with van der Waals surface area (Å²) in [4.78, 5) is 8.63. The zero-order chi connectivity index (χ0) is 28.3. The Morgan fingerprint density at radius 2 is 1.64 bits per heavy atom. The highest BCUT2D eigenvalue weighted by Crippen LogP contribution is 2.34. The zero-order valence-corrected chi connectivity index (χ0v) is 23.4. The molecule has 39 heavy (non-hydrogen) atoms. The highest BCUT2D eigenvalue weighted by molar-refractivity contribution is 5.90. The molecular formula is C29H41F3N6O. The molecule has 10 heteroatoms. The Labute approximate surface area is 229 Å². The SMILES string of the molecule is CC(C)(C)CCCCCCCCCCCOCn1ccc2c(-c3cnn(C(CC#N)C(F)(F)F)c3)ncnc21. The van der Waals surface area contributed by atoms with E-state index in [0.717, 1.165) is 17.5 Å². The Kier molecular flexibility index (Phi) is 11.3. The number of unbranched alkanes of at least 4 members (excludes halogenated alkanes) is 8. The van der Waals surface area contributed by atoms with Crippen LogP contribution in [0.25, 0.3) is 22.3 Å². The van der Waals surface area contributed by atoms with Gasteiger partial charge >= 0.3 is 6.18 Å². The molecule has 1 atom stereocenters. The van der Waals surface area contributed by atoms with Crippen molar-refractivity contribution in [3.8, 4) is 17.3 Å². The maximum atomic E-state index is 13.3. The molecular weight excluding hydrogens is 505 g/mol. The van der Waals surface area contributed by atoms with Gasteiger partial charge in [-0.2, -0.15) is 23.5 Å². The van der Waals surface area contributed by atoms with Gasteiger partial charge in [0.25, 0.3) is 0 Å². The second-order valence-corrected chi connectivity index (χ2v) is 11.4. The zero-order valence-electron chi connectivity index (χ0n) is 23.4. The van der Waals surface area contributed by atoms with Crippen molar-refractivity contribution in [3.05, 3.63) is 31.0 Å². The summed E-state index contributed by atoms with van der Waals surface area (Å²) < 4.78 is 48.5. The number of hydrogen-bond acceptors (Lipinski definition) is 5. The fraction of sp³-hybridized carbons (Fsp3) is 0.655. The molecule has 3 rings (SSSR count). The number of nitriles is 1. The lowest BCUT2D eigenvalue weighted by Gasteiger charge is -2.17. The lowest BCUT2D eigenvalue weighted by Crippen LogP contribution is -2.26. The van der Waals surface area contributed by atoms with Crippen LogP contribution in [-0.4, -0.2) is 37.1 Å². The number of ether oxygens (including phenoxy) is 1. The van der Waals surface area contributed by atoms with Gasteiger partial charge in [-0.3, -0.25) is 4.68 Å². The van der Waals surface area contributed by atoms with Crippen LogP contribution in [0.3, 0.4) is 0 Å². The first kappa shape index (κ1) is 30.6. The molecule has 3 aromatic heterocycles. The van der Waals surface area contributed by atoms with E-state index in [1.54, 1.807) is 6.07 Å². The average Bonchev–Trinajstić information content (AvgIpc) is 3.51. The van der Waals surface area contributed by atoms with Crippen LogP contribution in [0.15, 0.2) is 31.0 Å². The van der Waals surface area contributed by atoms with E-state index in [2.05, 4.69) is 35.8 Å². The largest absolute Gasteiger partial charge is 0.411 e. The Morgan fingerprint density at radius 1 is 0.974 bits per heavy atom. The van der Waals surface area contributed by atoms with Crippen molar-refractivity contribution in [1.82, 2.24) is 24.3 Å². The summed E-state index contributed by atoms with van der Waals surface area (Å²) >= 11 is 0. The minimum absolute atomic E-state index is 0.339. The molecule has 0 amide bonds. The van der Waals surface area contributed by atoms with Crippen LogP contribution in [0.5, 0.6) is 0 Å². The molecule has 0 aromatic carbocycles. The number of nitrogens with zero attached hydrogens (tertiary/aromatic N) is 6. The van der Waals surface area contributed by atoms with Crippen LogP contribution in [0.1, 0.15) is 97.4 Å². The van der Waals surface area contributed by atoms with Gasteiger partial charge in [0.1, 0.15) is 18.7 Å². The number of fused-ring (bicyclic) bond motifs is 1. The summed E-state index contributed by atoms with van der Waals surface area (Å²) in [5.74, 6) is 0. The summed E-state index contributed by atoms with van der Waals surface area (Å²) in [6.07, 6.45) is 13.2. The number of aromatic nitrogens is 5. The molecule has 3 aromatic rings. The van der Waals surface area contributed by atoms with Crippen molar-refractivity contribution >= 4 is 11.0 Å². The topological polar surface area (TPSA) is 81.5 Å². The molecule has 7 nitrogen and oxygen atoms in total. The second kappa shape index (κ2) is 14.5. The monoisotopic (exact) mass is 546 g/mol. The van der Waals surface area contributed by atoms with Crippen LogP contribution in [-0.2, 0) is 11.5 Å². The maximum absolute atomic E-state index is 13.3. The van der Waals surface area contributed by atoms with E-state index in [1.165, 1.54) is 70.1 Å². The standard InChI is InChI=1S/C29H41F3N6O/c1-28(2,3)15-11-9-7-5-4-6-8-10-12-18-39-22-37-17-14-24-26(34-21-35-27(24)37)23-19-36-38(20-23)25(13-16-33)29(30,31)32/h14,17,19-21,25H,4-13,15,18,22H2,1-3H3. The van der Waals surface area contributed by atoms with Crippen molar-refractivity contribution in [3.63, 3.8) is 0 Å². The smallest absolute Gasteiger partial charge is 0.361 e. The molecule has 0 saturated heterocycles. The Hall–Kier alpha value is -2.93. The molecule has 0 aliphatic rings. The Morgan fingerprint density at radius 3 is 2.28 bits per heavy atom. The van der Waals surface area contributed by atoms with Gasteiger partial charge in [-0.1, -0.05) is 72.1 Å². The molecule has 0 N–H and O–H groups in total. The minimum Gasteiger partial charge on any atom is -0.361 e. The fourth-order valence-electron chi connectivity index (χ4n) is 4.67. The van der Waals surface area contributed by atoms with E-state index in [1.807, 2.05) is 16.8 Å². The lowest BCUT2D eigenvalue weighted by atomic mass is 9.89. The fourth-order valence-corrected chi connectivity index (χ4v) is 4.67. The van der Waals surface area contributed by atoms with Crippen LogP contribution in [0.2, 0.25) is 0 Å². The van der Waals surface area contributed by atoms with Crippen molar-refractivity contribution < 1.29 is 17.9 Å². The van der Waals surface area contributed by atoms with Gasteiger partial charge < -0.3 is 9.30 Å². The Balaban J connectivity index is 1.40. The molecule has 0 saturated carbocycles. The van der Waals surface area contributed by atoms with Gasteiger partial charge in [-0.15, -0.1) is 0 Å². The van der Waals surface area contributed by atoms with E-state index in [4.69, 9.17) is 10.00 Å². The first-order valence-corrected chi connectivity index (χ1v) is 14.0. The second-order valence-electron chi connectivity index (χ2n) is 11.4. The summed E-state index contributed by atoms with van der Waals surface area (Å²) in [7, 11) is 0. The third-order valence-electron chi connectivity index (χ3n) is 6.86. The quantitative estimate of drug-likeness (QED) is 0.169. The molecule has 0 spiro atoms. The van der Waals surface area contributed by atoms with Gasteiger partial charge in [-0.05, 0) is 24.3 Å². The van der Waals surface area contributed by atoms with Crippen molar-refractivity contribution in [1.29, 1.82) is 5.26 Å². The highest BCUT2D eigenvalue weighted by atomic mass is 19.4. The van der Waals surface area contributed by atoms with E-state index in [9.17, 15) is 13.2 Å². The van der Waals surface area contributed by atoms with Crippen LogP contribution in [0, 0.1) is 16.7 Å². The van der Waals surface area contributed by atoms with E-state index < -0.39 is 18.6 Å². The summed E-state index contributed by atoms with van der Waals surface area (Å²) in [6.45, 7) is 7.92. The van der Waals surface area contributed by atoms with Crippen LogP contribution in [0.4, 0.5) is 13.2 Å². The van der Waals surface area contributed by atoms with Gasteiger partial charge in [0.15, 0.2) is 6.04 Å². The minimum atomic E-state index is -4.58. The summed E-state index contributed by atoms with van der Waals surface area (Å²) in [5.41, 5.74) is 2.00. The lowest BCUT2D eigenvalue weighted by molar-refractivity contribution is -0.169. The summed E-state index contributed by atoms with van der Waals surface area (Å²) in [5, 5.41) is 13.4. The molecule has 0 radical (unpaired) electrons. The average molecular weight is 547 g/mol. The third-order valence-corrected chi connectivity index (χ3v) is 6.86. The molecule has 0 bridgehead atoms. The highest BCUT2D eigenvalue weighted by Gasteiger charge is 2.41. The van der Waals surface area contributed by atoms with Crippen LogP contribution >= 0.6 is 0 Å². The molecule has 0 aliphatic heterocycles. The maximum Gasteiger partial charge on any atom is 0.411 e. The molecule has 3 heterocycles. The Bertz CT molecular complexity index is 1190. The van der Waals surface area contributed by atoms with Crippen molar-refractivity contribution in [2.45, 2.75) is 110 Å². The molecule has 1 unspecified atom stereocenters. The number of hydrogen-bond donors (Lipinski definition) is 0. The number of alkyl halides is 3. The van der Waals surface area contributed by atoms with E-state index in [0.29, 0.717) is 41.0 Å². The van der Waals surface area contributed by atoms with E-state index in [-0.39, 0.29) is 0 Å². The van der Waals surface area contributed by atoms with Crippen LogP contribution < -0.4 is 0 Å². The number of rotatable bonds is 16. The van der Waals surface area contributed by atoms with Gasteiger partial charge in [0, 0.05) is 30.0 Å². The van der Waals surface area contributed by atoms with Gasteiger partial charge in [0.2, 0.25) is 0 Å². The molecule has 0 aliphatic carbocycles. The first-order valence-electron chi connectivity index (χ1n) is 14.0. The molecule has 214 valence electrons. The van der Waals surface area contributed by atoms with Crippen molar-refractivity contribution in [2.24, 2.45) is 5.41 Å². The first-order chi connectivity index (χ1) is 18.6. The van der Waals surface area contributed by atoms with E-state index >= 15 is 0 Å². The predicted molar refractivity (Wildman–Crippen MR) is 146 cm³/mol. The summed E-state index contributed by atoms with van der Waals surface area (Å²) in [6, 6.07) is 1.40.